The fourth-order valence-corrected chi connectivity index (χ4v) is 1.28. The highest BCUT2D eigenvalue weighted by Gasteiger charge is 2.21. The van der Waals surface area contributed by atoms with E-state index in [1.807, 2.05) is 0 Å². The third-order valence-electron chi connectivity index (χ3n) is 1.28. The molecular weight excluding hydrogens is 212 g/mol. The number of hydroxylamine groups is 2. The molecular formula is C6H9BrN2O2. The molecule has 5 heteroatoms. The zero-order valence-corrected chi connectivity index (χ0v) is 7.91. The molecule has 0 aliphatic carbocycles. The van der Waals surface area contributed by atoms with E-state index in [4.69, 9.17) is 9.57 Å². The Morgan fingerprint density at radius 1 is 1.64 bits per heavy atom. The van der Waals surface area contributed by atoms with E-state index in [1.165, 1.54) is 0 Å². The fourth-order valence-electron chi connectivity index (χ4n) is 0.775. The lowest BCUT2D eigenvalue weighted by Gasteiger charge is -2.27. The van der Waals surface area contributed by atoms with Gasteiger partial charge in [-0.3, -0.25) is 4.84 Å². The van der Waals surface area contributed by atoms with Crippen LogP contribution in [0.3, 0.4) is 0 Å². The van der Waals surface area contributed by atoms with Gasteiger partial charge in [0.25, 0.3) is 0 Å². The Morgan fingerprint density at radius 3 is 2.82 bits per heavy atom. The Hall–Kier alpha value is -0.390. The minimum Gasteiger partial charge on any atom is -0.353 e. The Bertz CT molecular complexity index is 193. The zero-order valence-electron chi connectivity index (χ0n) is 6.32. The molecule has 0 aromatic carbocycles. The normalized spacial score (nSPS) is 23.7. The predicted octanol–water partition coefficient (Wildman–Crippen LogP) is 1.10. The van der Waals surface area contributed by atoms with Crippen LogP contribution in [0.2, 0.25) is 0 Å². The Labute approximate surface area is 73.6 Å². The number of aliphatic imine (C=N–C) groups is 1. The van der Waals surface area contributed by atoms with E-state index in [9.17, 15) is 0 Å². The maximum absolute atomic E-state index is 5.08. The van der Waals surface area contributed by atoms with E-state index in [1.54, 1.807) is 31.7 Å². The van der Waals surface area contributed by atoms with E-state index in [0.717, 1.165) is 0 Å². The molecule has 0 aromatic rings. The summed E-state index contributed by atoms with van der Waals surface area (Å²) >= 11 is 3.25. The van der Waals surface area contributed by atoms with Crippen molar-refractivity contribution in [2.45, 2.75) is 6.23 Å². The Morgan fingerprint density at radius 2 is 2.36 bits per heavy atom. The number of hydrogen-bond acceptors (Lipinski definition) is 4. The van der Waals surface area contributed by atoms with E-state index in [2.05, 4.69) is 20.9 Å². The van der Waals surface area contributed by atoms with E-state index >= 15 is 0 Å². The van der Waals surface area contributed by atoms with Crippen molar-refractivity contribution >= 4 is 20.6 Å². The molecule has 1 aliphatic rings. The first-order valence-corrected chi connectivity index (χ1v) is 3.84. The summed E-state index contributed by atoms with van der Waals surface area (Å²) < 4.78 is 5.78. The van der Waals surface area contributed by atoms with E-state index < -0.39 is 0 Å². The summed E-state index contributed by atoms with van der Waals surface area (Å²) in [6.07, 6.45) is 3.05. The molecule has 0 amide bonds. The second kappa shape index (κ2) is 3.85. The summed E-state index contributed by atoms with van der Waals surface area (Å²) in [6, 6.07) is 0. The van der Waals surface area contributed by atoms with Crippen LogP contribution >= 0.6 is 15.9 Å². The first-order chi connectivity index (χ1) is 5.29. The van der Waals surface area contributed by atoms with Gasteiger partial charge >= 0.3 is 0 Å². The fraction of sp³-hybridized carbons (Fsp3) is 0.500. The molecule has 4 nitrogen and oxygen atoms in total. The summed E-state index contributed by atoms with van der Waals surface area (Å²) in [5.74, 6) is 0. The largest absolute Gasteiger partial charge is 0.353 e. The molecule has 62 valence electrons. The molecule has 11 heavy (non-hydrogen) atoms. The van der Waals surface area contributed by atoms with Crippen LogP contribution in [0.15, 0.2) is 17.4 Å². The minimum atomic E-state index is -0.273. The van der Waals surface area contributed by atoms with Crippen LogP contribution in [0.25, 0.3) is 0 Å². The maximum Gasteiger partial charge on any atom is 0.202 e. The van der Waals surface area contributed by atoms with Gasteiger partial charge in [-0.05, 0) is 15.9 Å². The molecule has 0 saturated heterocycles. The molecule has 0 fully saturated rings. The number of halogens is 1. The summed E-state index contributed by atoms with van der Waals surface area (Å²) in [6.45, 7) is 0. The molecule has 1 heterocycles. The van der Waals surface area contributed by atoms with Crippen LogP contribution in [-0.4, -0.2) is 30.1 Å². The second-order valence-corrected chi connectivity index (χ2v) is 2.69. The first kappa shape index (κ1) is 8.70. The molecule has 0 bridgehead atoms. The standard InChI is InChI=1S/C6H9BrN2O2/c1-10-6-5(7)8-3-4-9(6)11-2/h3-4,6H,1-2H3. The molecule has 0 saturated carbocycles. The minimum absolute atomic E-state index is 0.273. The molecule has 1 unspecified atom stereocenters. The van der Waals surface area contributed by atoms with E-state index in [0.29, 0.717) is 4.62 Å². The second-order valence-electron chi connectivity index (χ2n) is 1.88. The van der Waals surface area contributed by atoms with Crippen molar-refractivity contribution in [3.05, 3.63) is 12.4 Å². The summed E-state index contributed by atoms with van der Waals surface area (Å²) in [5, 5.41) is 1.55. The molecule has 1 aliphatic heterocycles. The topological polar surface area (TPSA) is 34.1 Å². The Kier molecular flexibility index (Phi) is 3.04. The highest BCUT2D eigenvalue weighted by molar-refractivity contribution is 9.18. The van der Waals surface area contributed by atoms with Crippen LogP contribution in [0.5, 0.6) is 0 Å². The molecule has 1 rings (SSSR count). The average Bonchev–Trinajstić information content (AvgIpc) is 2.04. The number of methoxy groups -OCH3 is 1. The molecule has 0 spiro atoms. The third-order valence-corrected chi connectivity index (χ3v) is 1.88. The van der Waals surface area contributed by atoms with Crippen molar-refractivity contribution < 1.29 is 9.57 Å². The lowest BCUT2D eigenvalue weighted by atomic mass is 10.5. The molecule has 1 atom stereocenters. The first-order valence-electron chi connectivity index (χ1n) is 3.04. The van der Waals surface area contributed by atoms with Crippen LogP contribution in [0, 0.1) is 0 Å². The van der Waals surface area contributed by atoms with Crippen LogP contribution in [0.1, 0.15) is 0 Å². The van der Waals surface area contributed by atoms with Gasteiger partial charge in [0.05, 0.1) is 7.11 Å². The predicted molar refractivity (Wildman–Crippen MR) is 45.1 cm³/mol. The highest BCUT2D eigenvalue weighted by Crippen LogP contribution is 2.13. The van der Waals surface area contributed by atoms with E-state index in [-0.39, 0.29) is 6.23 Å². The number of hydrogen-bond donors (Lipinski definition) is 0. The van der Waals surface area contributed by atoms with Crippen molar-refractivity contribution in [2.24, 2.45) is 4.99 Å². The number of nitrogens with zero attached hydrogens (tertiary/aromatic N) is 2. The summed E-state index contributed by atoms with van der Waals surface area (Å²) in [5.41, 5.74) is 0. The van der Waals surface area contributed by atoms with Gasteiger partial charge in [0.2, 0.25) is 6.23 Å². The van der Waals surface area contributed by atoms with Gasteiger partial charge in [-0.1, -0.05) is 0 Å². The van der Waals surface area contributed by atoms with Gasteiger partial charge in [0, 0.05) is 19.5 Å². The van der Waals surface area contributed by atoms with Gasteiger partial charge in [-0.2, -0.15) is 0 Å². The smallest absolute Gasteiger partial charge is 0.202 e. The molecule has 0 aromatic heterocycles. The van der Waals surface area contributed by atoms with Gasteiger partial charge in [0.1, 0.15) is 4.62 Å². The van der Waals surface area contributed by atoms with Crippen LogP contribution < -0.4 is 0 Å². The van der Waals surface area contributed by atoms with Gasteiger partial charge in [-0.15, -0.1) is 0 Å². The van der Waals surface area contributed by atoms with Crippen LogP contribution in [-0.2, 0) is 9.57 Å². The molecule has 0 N–H and O–H groups in total. The quantitative estimate of drug-likeness (QED) is 0.700. The maximum atomic E-state index is 5.08. The number of rotatable bonds is 2. The lowest BCUT2D eigenvalue weighted by molar-refractivity contribution is -0.169. The summed E-state index contributed by atoms with van der Waals surface area (Å²) in [7, 11) is 3.16. The third kappa shape index (κ3) is 1.79. The monoisotopic (exact) mass is 220 g/mol. The van der Waals surface area contributed by atoms with Crippen LogP contribution in [0.4, 0.5) is 0 Å². The SMILES string of the molecule is COC1C(Br)=NC=CN1OC. The van der Waals surface area contributed by atoms with Crippen molar-refractivity contribution in [1.29, 1.82) is 0 Å². The summed E-state index contributed by atoms with van der Waals surface area (Å²) in [4.78, 5) is 8.96. The van der Waals surface area contributed by atoms with Gasteiger partial charge < -0.3 is 4.74 Å². The van der Waals surface area contributed by atoms with Gasteiger partial charge in [0.15, 0.2) is 0 Å². The van der Waals surface area contributed by atoms with Crippen molar-refractivity contribution in [3.63, 3.8) is 0 Å². The van der Waals surface area contributed by atoms with Crippen molar-refractivity contribution in [2.75, 3.05) is 14.2 Å². The highest BCUT2D eigenvalue weighted by atomic mass is 79.9. The average molecular weight is 221 g/mol. The Balaban J connectivity index is 2.70. The van der Waals surface area contributed by atoms with Crippen molar-refractivity contribution in [1.82, 2.24) is 5.06 Å². The lowest BCUT2D eigenvalue weighted by Crippen LogP contribution is -2.37. The molecule has 0 radical (unpaired) electrons. The van der Waals surface area contributed by atoms with Crippen molar-refractivity contribution in [3.8, 4) is 0 Å². The zero-order chi connectivity index (χ0) is 8.27. The number of ether oxygens (including phenoxy) is 1. The van der Waals surface area contributed by atoms with Gasteiger partial charge in [-0.25, -0.2) is 10.1 Å².